The van der Waals surface area contributed by atoms with Gasteiger partial charge in [-0.3, -0.25) is 0 Å². The third-order valence-corrected chi connectivity index (χ3v) is 1.84. The van der Waals surface area contributed by atoms with E-state index in [1.165, 1.54) is 6.07 Å². The van der Waals surface area contributed by atoms with Gasteiger partial charge in [-0.15, -0.1) is 0 Å². The third kappa shape index (κ3) is 4.17. The van der Waals surface area contributed by atoms with Crippen molar-refractivity contribution in [1.29, 1.82) is 0 Å². The van der Waals surface area contributed by atoms with Gasteiger partial charge in [0.15, 0.2) is 11.6 Å². The second-order valence-electron chi connectivity index (χ2n) is 6.12. The van der Waals surface area contributed by atoms with Crippen LogP contribution >= 0.6 is 0 Å². The number of halogens is 2. The molecule has 0 spiro atoms. The molecule has 0 aliphatic heterocycles. The van der Waals surface area contributed by atoms with Gasteiger partial charge in [0, 0.05) is 0 Å². The predicted octanol–water partition coefficient (Wildman–Crippen LogP) is 4.32. The van der Waals surface area contributed by atoms with E-state index in [0.29, 0.717) is 0 Å². The first kappa shape index (κ1) is 14.7. The number of hydrogen-bond acceptors (Lipinski definition) is 2. The first-order valence-electron chi connectivity index (χ1n) is 5.86. The third-order valence-electron chi connectivity index (χ3n) is 1.84. The van der Waals surface area contributed by atoms with Crippen molar-refractivity contribution in [2.24, 2.45) is 0 Å². The quantitative estimate of drug-likeness (QED) is 0.786. The van der Waals surface area contributed by atoms with Gasteiger partial charge in [-0.25, -0.2) is 4.39 Å². The Morgan fingerprint density at radius 3 is 1.78 bits per heavy atom. The average molecular weight is 258 g/mol. The van der Waals surface area contributed by atoms with E-state index in [2.05, 4.69) is 0 Å². The molecule has 0 unspecified atom stereocenters. The molecule has 0 amide bonds. The number of rotatable bonds is 2. The second kappa shape index (κ2) is 4.75. The molecule has 0 heterocycles. The Balaban J connectivity index is 3.22. The lowest BCUT2D eigenvalue weighted by Crippen LogP contribution is -2.27. The first-order chi connectivity index (χ1) is 7.99. The van der Waals surface area contributed by atoms with Gasteiger partial charge in [0.25, 0.3) is 0 Å². The molecule has 18 heavy (non-hydrogen) atoms. The zero-order valence-corrected chi connectivity index (χ0v) is 11.7. The summed E-state index contributed by atoms with van der Waals surface area (Å²) in [5.74, 6) is -1.95. The van der Waals surface area contributed by atoms with Gasteiger partial charge < -0.3 is 9.47 Å². The Bertz CT molecular complexity index is 429. The summed E-state index contributed by atoms with van der Waals surface area (Å²) in [7, 11) is 0. The Hall–Kier alpha value is -1.32. The van der Waals surface area contributed by atoms with Gasteiger partial charge >= 0.3 is 0 Å². The molecule has 0 saturated carbocycles. The summed E-state index contributed by atoms with van der Waals surface area (Å²) in [5.41, 5.74) is -1.15. The van der Waals surface area contributed by atoms with Crippen LogP contribution in [0.1, 0.15) is 41.5 Å². The summed E-state index contributed by atoms with van der Waals surface area (Å²) in [6.45, 7) is 10.8. The molecule has 0 bridgehead atoms. The molecule has 1 rings (SSSR count). The molecule has 1 aromatic rings. The zero-order chi connectivity index (χ0) is 14.1. The molecule has 0 saturated heterocycles. The summed E-state index contributed by atoms with van der Waals surface area (Å²) in [4.78, 5) is 0. The van der Waals surface area contributed by atoms with Crippen molar-refractivity contribution in [3.05, 3.63) is 23.8 Å². The van der Waals surface area contributed by atoms with E-state index >= 15 is 0 Å². The molecule has 4 heteroatoms. The molecule has 2 nitrogen and oxygen atoms in total. The van der Waals surface area contributed by atoms with Gasteiger partial charge in [0.2, 0.25) is 11.6 Å². The van der Waals surface area contributed by atoms with Crippen molar-refractivity contribution in [2.45, 2.75) is 52.7 Å². The minimum Gasteiger partial charge on any atom is -0.484 e. The highest BCUT2D eigenvalue weighted by atomic mass is 19.2. The van der Waals surface area contributed by atoms with Crippen LogP contribution in [0.4, 0.5) is 8.78 Å². The Kier molecular flexibility index (Phi) is 3.89. The highest BCUT2D eigenvalue weighted by molar-refractivity contribution is 5.42. The fourth-order valence-electron chi connectivity index (χ4n) is 1.33. The van der Waals surface area contributed by atoms with Crippen LogP contribution in [0.2, 0.25) is 0 Å². The van der Waals surface area contributed by atoms with Gasteiger partial charge in [0.05, 0.1) is 0 Å². The smallest absolute Gasteiger partial charge is 0.204 e. The van der Waals surface area contributed by atoms with Crippen molar-refractivity contribution in [3.8, 4) is 11.5 Å². The summed E-state index contributed by atoms with van der Waals surface area (Å²) >= 11 is 0. The Morgan fingerprint density at radius 1 is 0.833 bits per heavy atom. The lowest BCUT2D eigenvalue weighted by atomic mass is 10.1. The van der Waals surface area contributed by atoms with Crippen LogP contribution in [0.15, 0.2) is 12.1 Å². The summed E-state index contributed by atoms with van der Waals surface area (Å²) in [6.07, 6.45) is 0. The van der Waals surface area contributed by atoms with Crippen LogP contribution in [-0.4, -0.2) is 11.2 Å². The van der Waals surface area contributed by atoms with E-state index in [1.54, 1.807) is 20.8 Å². The van der Waals surface area contributed by atoms with E-state index in [1.807, 2.05) is 20.8 Å². The highest BCUT2D eigenvalue weighted by Crippen LogP contribution is 2.36. The molecule has 0 N–H and O–H groups in total. The van der Waals surface area contributed by atoms with Gasteiger partial charge in [-0.1, -0.05) is 0 Å². The minimum absolute atomic E-state index is 0.183. The van der Waals surface area contributed by atoms with E-state index < -0.39 is 22.8 Å². The maximum Gasteiger partial charge on any atom is 0.204 e. The zero-order valence-electron chi connectivity index (χ0n) is 11.7. The topological polar surface area (TPSA) is 18.5 Å². The number of ether oxygens (including phenoxy) is 2. The van der Waals surface area contributed by atoms with E-state index in [0.717, 1.165) is 6.07 Å². The van der Waals surface area contributed by atoms with Gasteiger partial charge in [0.1, 0.15) is 11.2 Å². The van der Waals surface area contributed by atoms with Crippen molar-refractivity contribution in [1.82, 2.24) is 0 Å². The predicted molar refractivity (Wildman–Crippen MR) is 67.1 cm³/mol. The summed E-state index contributed by atoms with van der Waals surface area (Å²) in [6, 6.07) is 2.41. The molecule has 0 radical (unpaired) electrons. The molecule has 102 valence electrons. The first-order valence-corrected chi connectivity index (χ1v) is 5.86. The van der Waals surface area contributed by atoms with Crippen molar-refractivity contribution >= 4 is 0 Å². The molecule has 0 aliphatic carbocycles. The molecular weight excluding hydrogens is 238 g/mol. The van der Waals surface area contributed by atoms with Crippen LogP contribution in [0.5, 0.6) is 11.5 Å². The van der Waals surface area contributed by atoms with E-state index in [4.69, 9.17) is 9.47 Å². The SMILES string of the molecule is CC(C)(C)Oc1ccc(F)c(F)c1OC(C)(C)C. The maximum absolute atomic E-state index is 13.8. The molecule has 0 aromatic heterocycles. The molecule has 0 aliphatic rings. The van der Waals surface area contributed by atoms with Crippen LogP contribution < -0.4 is 9.47 Å². The van der Waals surface area contributed by atoms with Crippen molar-refractivity contribution in [3.63, 3.8) is 0 Å². The number of benzene rings is 1. The Morgan fingerprint density at radius 2 is 1.33 bits per heavy atom. The summed E-state index contributed by atoms with van der Waals surface area (Å²) < 4.78 is 38.1. The molecular formula is C14H20F2O2. The van der Waals surface area contributed by atoms with Crippen LogP contribution in [0, 0.1) is 11.6 Å². The Labute approximate surface area is 107 Å². The van der Waals surface area contributed by atoms with Gasteiger partial charge in [-0.05, 0) is 53.7 Å². The van der Waals surface area contributed by atoms with E-state index in [-0.39, 0.29) is 11.5 Å². The monoisotopic (exact) mass is 258 g/mol. The van der Waals surface area contributed by atoms with Crippen LogP contribution in [0.3, 0.4) is 0 Å². The minimum atomic E-state index is -1.02. The standard InChI is InChI=1S/C14H20F2O2/c1-13(2,3)17-10-8-7-9(15)11(16)12(10)18-14(4,5)6/h7-8H,1-6H3. The van der Waals surface area contributed by atoms with Crippen LogP contribution in [-0.2, 0) is 0 Å². The lowest BCUT2D eigenvalue weighted by molar-refractivity contribution is 0.0900. The van der Waals surface area contributed by atoms with Gasteiger partial charge in [-0.2, -0.15) is 4.39 Å². The fourth-order valence-corrected chi connectivity index (χ4v) is 1.33. The highest BCUT2D eigenvalue weighted by Gasteiger charge is 2.24. The maximum atomic E-state index is 13.8. The average Bonchev–Trinajstić information content (AvgIpc) is 2.14. The normalized spacial score (nSPS) is 12.4. The van der Waals surface area contributed by atoms with Crippen LogP contribution in [0.25, 0.3) is 0 Å². The molecule has 0 fully saturated rings. The summed E-state index contributed by atoms with van der Waals surface area (Å²) in [5, 5.41) is 0. The van der Waals surface area contributed by atoms with Crippen molar-refractivity contribution in [2.75, 3.05) is 0 Å². The molecule has 1 aromatic carbocycles. The number of hydrogen-bond donors (Lipinski definition) is 0. The van der Waals surface area contributed by atoms with Crippen molar-refractivity contribution < 1.29 is 18.3 Å². The molecule has 0 atom stereocenters. The lowest BCUT2D eigenvalue weighted by Gasteiger charge is -2.27. The largest absolute Gasteiger partial charge is 0.484 e. The second-order valence-corrected chi connectivity index (χ2v) is 6.12. The fraction of sp³-hybridized carbons (Fsp3) is 0.571. The van der Waals surface area contributed by atoms with E-state index in [9.17, 15) is 8.78 Å².